The predicted molar refractivity (Wildman–Crippen MR) is 56.0 cm³/mol. The van der Waals surface area contributed by atoms with E-state index in [1.165, 1.54) is 0 Å². The minimum atomic E-state index is -0.363. The fraction of sp³-hybridized carbons (Fsp3) is 0.909. The lowest BCUT2D eigenvalue weighted by Gasteiger charge is -2.29. The van der Waals surface area contributed by atoms with Gasteiger partial charge in [-0.2, -0.15) is 0 Å². The molecule has 0 aromatic heterocycles. The molecule has 1 aliphatic rings. The van der Waals surface area contributed by atoms with Gasteiger partial charge >= 0.3 is 5.97 Å². The first-order valence-electron chi connectivity index (χ1n) is 5.32. The van der Waals surface area contributed by atoms with Gasteiger partial charge in [-0.05, 0) is 39.7 Å². The summed E-state index contributed by atoms with van der Waals surface area (Å²) < 4.78 is 5.35. The molecule has 0 unspecified atom stereocenters. The van der Waals surface area contributed by atoms with Crippen LogP contribution in [0.5, 0.6) is 0 Å². The van der Waals surface area contributed by atoms with Crippen LogP contribution in [0.3, 0.4) is 0 Å². The summed E-state index contributed by atoms with van der Waals surface area (Å²) in [5.74, 6) is 0.552. The highest BCUT2D eigenvalue weighted by Crippen LogP contribution is 2.19. The summed E-state index contributed by atoms with van der Waals surface area (Å²) >= 11 is 0. The molecule has 1 saturated heterocycles. The Morgan fingerprint density at radius 1 is 1.36 bits per heavy atom. The van der Waals surface area contributed by atoms with Gasteiger partial charge in [0.2, 0.25) is 0 Å². The molecule has 1 fully saturated rings. The second-order valence-electron chi connectivity index (χ2n) is 5.23. The van der Waals surface area contributed by atoms with Gasteiger partial charge in [-0.25, -0.2) is 0 Å². The third-order valence-corrected chi connectivity index (χ3v) is 2.31. The summed E-state index contributed by atoms with van der Waals surface area (Å²) in [6.45, 7) is 9.65. The van der Waals surface area contributed by atoms with E-state index in [0.717, 1.165) is 19.5 Å². The molecule has 0 aromatic rings. The molecular weight excluding hydrogens is 178 g/mol. The maximum atomic E-state index is 11.7. The van der Waals surface area contributed by atoms with Crippen LogP contribution in [0.1, 0.15) is 34.1 Å². The molecule has 3 heteroatoms. The van der Waals surface area contributed by atoms with Crippen LogP contribution in [0, 0.1) is 11.8 Å². The van der Waals surface area contributed by atoms with E-state index >= 15 is 0 Å². The monoisotopic (exact) mass is 199 g/mol. The van der Waals surface area contributed by atoms with Crippen LogP contribution in [-0.2, 0) is 9.53 Å². The molecule has 1 N–H and O–H groups in total. The van der Waals surface area contributed by atoms with Crippen molar-refractivity contribution in [3.05, 3.63) is 0 Å². The minimum Gasteiger partial charge on any atom is -0.460 e. The lowest BCUT2D eigenvalue weighted by atomic mass is 9.92. The number of piperidine rings is 1. The molecular formula is C11H21NO2. The number of hydrogen-bond donors (Lipinski definition) is 1. The first kappa shape index (κ1) is 11.5. The number of esters is 1. The molecule has 0 amide bonds. The van der Waals surface area contributed by atoms with Gasteiger partial charge in [0.05, 0.1) is 5.92 Å². The predicted octanol–water partition coefficient (Wildman–Crippen LogP) is 1.57. The summed E-state index contributed by atoms with van der Waals surface area (Å²) in [4.78, 5) is 11.7. The molecule has 0 aliphatic carbocycles. The zero-order valence-corrected chi connectivity index (χ0v) is 9.59. The lowest BCUT2D eigenvalue weighted by molar-refractivity contribution is -0.161. The summed E-state index contributed by atoms with van der Waals surface area (Å²) in [5.41, 5.74) is -0.363. The van der Waals surface area contributed by atoms with Crippen LogP contribution in [0.15, 0.2) is 0 Å². The summed E-state index contributed by atoms with van der Waals surface area (Å²) in [5, 5.41) is 3.25. The number of carbonyl (C=O) groups excluding carboxylic acids is 1. The van der Waals surface area contributed by atoms with Crippen LogP contribution >= 0.6 is 0 Å². The Balaban J connectivity index is 2.44. The molecule has 14 heavy (non-hydrogen) atoms. The van der Waals surface area contributed by atoms with E-state index in [4.69, 9.17) is 4.74 Å². The number of ether oxygens (including phenoxy) is 1. The minimum absolute atomic E-state index is 0.0398. The maximum Gasteiger partial charge on any atom is 0.310 e. The summed E-state index contributed by atoms with van der Waals surface area (Å²) in [7, 11) is 0. The zero-order valence-electron chi connectivity index (χ0n) is 9.59. The summed E-state index contributed by atoms with van der Waals surface area (Å²) in [6.07, 6.45) is 0.946. The molecule has 0 bridgehead atoms. The van der Waals surface area contributed by atoms with Gasteiger partial charge in [0.1, 0.15) is 5.60 Å². The van der Waals surface area contributed by atoms with Crippen LogP contribution < -0.4 is 5.32 Å². The van der Waals surface area contributed by atoms with Gasteiger partial charge in [0.15, 0.2) is 0 Å². The second kappa shape index (κ2) is 4.30. The first-order valence-corrected chi connectivity index (χ1v) is 5.32. The largest absolute Gasteiger partial charge is 0.460 e. The van der Waals surface area contributed by atoms with E-state index < -0.39 is 0 Å². The van der Waals surface area contributed by atoms with Gasteiger partial charge in [-0.1, -0.05) is 6.92 Å². The third-order valence-electron chi connectivity index (χ3n) is 2.31. The molecule has 0 aromatic carbocycles. The van der Waals surface area contributed by atoms with E-state index in [-0.39, 0.29) is 17.5 Å². The van der Waals surface area contributed by atoms with E-state index in [9.17, 15) is 4.79 Å². The van der Waals surface area contributed by atoms with Crippen molar-refractivity contribution in [2.45, 2.75) is 39.7 Å². The van der Waals surface area contributed by atoms with Crippen LogP contribution in [0.4, 0.5) is 0 Å². The van der Waals surface area contributed by atoms with Crippen molar-refractivity contribution < 1.29 is 9.53 Å². The Bertz CT molecular complexity index is 208. The number of hydrogen-bond acceptors (Lipinski definition) is 3. The van der Waals surface area contributed by atoms with Crippen molar-refractivity contribution in [1.82, 2.24) is 5.32 Å². The van der Waals surface area contributed by atoms with Crippen LogP contribution in [0.2, 0.25) is 0 Å². The fourth-order valence-electron chi connectivity index (χ4n) is 1.72. The topological polar surface area (TPSA) is 38.3 Å². The Labute approximate surface area is 86.2 Å². The molecule has 1 heterocycles. The van der Waals surface area contributed by atoms with Crippen molar-refractivity contribution in [1.29, 1.82) is 0 Å². The maximum absolute atomic E-state index is 11.7. The van der Waals surface area contributed by atoms with Gasteiger partial charge in [0, 0.05) is 6.54 Å². The van der Waals surface area contributed by atoms with E-state index in [2.05, 4.69) is 12.2 Å². The van der Waals surface area contributed by atoms with Crippen molar-refractivity contribution in [3.8, 4) is 0 Å². The van der Waals surface area contributed by atoms with Crippen molar-refractivity contribution in [2.24, 2.45) is 11.8 Å². The molecule has 1 aliphatic heterocycles. The van der Waals surface area contributed by atoms with E-state index in [1.807, 2.05) is 20.8 Å². The Hall–Kier alpha value is -0.570. The van der Waals surface area contributed by atoms with E-state index in [1.54, 1.807) is 0 Å². The third kappa shape index (κ3) is 3.66. The molecule has 3 nitrogen and oxygen atoms in total. The first-order chi connectivity index (χ1) is 6.38. The molecule has 82 valence electrons. The van der Waals surface area contributed by atoms with Gasteiger partial charge < -0.3 is 10.1 Å². The van der Waals surface area contributed by atoms with Crippen LogP contribution in [0.25, 0.3) is 0 Å². The molecule has 0 radical (unpaired) electrons. The van der Waals surface area contributed by atoms with E-state index in [0.29, 0.717) is 5.92 Å². The fourth-order valence-corrected chi connectivity index (χ4v) is 1.72. The molecule has 0 spiro atoms. The van der Waals surface area contributed by atoms with Gasteiger partial charge in [0.25, 0.3) is 0 Å². The molecule has 2 atom stereocenters. The number of rotatable bonds is 1. The normalized spacial score (nSPS) is 28.6. The average molecular weight is 199 g/mol. The smallest absolute Gasteiger partial charge is 0.310 e. The number of carbonyl (C=O) groups is 1. The Morgan fingerprint density at radius 3 is 2.50 bits per heavy atom. The van der Waals surface area contributed by atoms with Gasteiger partial charge in [-0.3, -0.25) is 4.79 Å². The number of nitrogens with one attached hydrogen (secondary N) is 1. The van der Waals surface area contributed by atoms with Crippen molar-refractivity contribution >= 4 is 5.97 Å². The molecule has 1 rings (SSSR count). The zero-order chi connectivity index (χ0) is 10.8. The average Bonchev–Trinajstić information content (AvgIpc) is 2.01. The highest BCUT2D eigenvalue weighted by Gasteiger charge is 2.28. The standard InChI is InChI=1S/C11H21NO2/c1-8-5-9(7-12-6-8)10(13)14-11(2,3)4/h8-9,12H,5-7H2,1-4H3/t8-,9-/m1/s1. The highest BCUT2D eigenvalue weighted by atomic mass is 16.6. The van der Waals surface area contributed by atoms with Gasteiger partial charge in [-0.15, -0.1) is 0 Å². The van der Waals surface area contributed by atoms with Crippen molar-refractivity contribution in [2.75, 3.05) is 13.1 Å². The summed E-state index contributed by atoms with van der Waals surface area (Å²) in [6, 6.07) is 0. The second-order valence-corrected chi connectivity index (χ2v) is 5.23. The Kier molecular flexibility index (Phi) is 3.53. The van der Waals surface area contributed by atoms with Crippen LogP contribution in [-0.4, -0.2) is 24.7 Å². The Morgan fingerprint density at radius 2 is 2.00 bits per heavy atom. The highest BCUT2D eigenvalue weighted by molar-refractivity contribution is 5.73. The molecule has 0 saturated carbocycles. The lowest BCUT2D eigenvalue weighted by Crippen LogP contribution is -2.41. The van der Waals surface area contributed by atoms with Crippen molar-refractivity contribution in [3.63, 3.8) is 0 Å². The quantitative estimate of drug-likeness (QED) is 0.651. The SMILES string of the molecule is C[C@H]1CNC[C@H](C(=O)OC(C)(C)C)C1.